The molecule has 0 bridgehead atoms. The molecule has 28 heavy (non-hydrogen) atoms. The van der Waals surface area contributed by atoms with Gasteiger partial charge in [-0.1, -0.05) is 18.2 Å². The Hall–Kier alpha value is -2.90. The van der Waals surface area contributed by atoms with Gasteiger partial charge in [0, 0.05) is 10.9 Å². The molecule has 3 rings (SSSR count). The summed E-state index contributed by atoms with van der Waals surface area (Å²) in [5.74, 6) is 0.0258. The fourth-order valence-electron chi connectivity index (χ4n) is 2.81. The first-order chi connectivity index (χ1) is 13.4. The Morgan fingerprint density at radius 3 is 2.61 bits per heavy atom. The molecule has 1 heterocycles. The highest BCUT2D eigenvalue weighted by Crippen LogP contribution is 2.30. The third-order valence-electron chi connectivity index (χ3n) is 4.53. The number of furan rings is 1. The average Bonchev–Trinajstić information content (AvgIpc) is 3.02. The molecule has 1 amide bonds. The molecule has 0 saturated heterocycles. The molecular weight excluding hydrogens is 365 g/mol. The molecule has 1 aromatic heterocycles. The van der Waals surface area contributed by atoms with E-state index >= 15 is 0 Å². The third kappa shape index (κ3) is 4.00. The van der Waals surface area contributed by atoms with Crippen LogP contribution in [0.25, 0.3) is 11.0 Å². The molecule has 3 aromatic rings. The summed E-state index contributed by atoms with van der Waals surface area (Å²) in [5.41, 5.74) is 0.0483. The highest BCUT2D eigenvalue weighted by atomic mass is 19.1. The lowest BCUT2D eigenvalue weighted by Crippen LogP contribution is -2.51. The fraction of sp³-hybridized carbons (Fsp3) is 0.286. The summed E-state index contributed by atoms with van der Waals surface area (Å²) in [5, 5.41) is 22.0. The fourth-order valence-corrected chi connectivity index (χ4v) is 2.81. The molecule has 6 nitrogen and oxygen atoms in total. The number of carbonyl (C=O) groups is 1. The number of halogens is 1. The molecule has 0 aliphatic heterocycles. The van der Waals surface area contributed by atoms with E-state index in [0.717, 1.165) is 0 Å². The van der Waals surface area contributed by atoms with Gasteiger partial charge in [-0.2, -0.15) is 0 Å². The minimum absolute atomic E-state index is 0.0453. The number of hydrogen-bond acceptors (Lipinski definition) is 5. The minimum atomic E-state index is -1.16. The Balaban J connectivity index is 1.88. The molecule has 148 valence electrons. The summed E-state index contributed by atoms with van der Waals surface area (Å²) in [6, 6.07) is 11.3. The third-order valence-corrected chi connectivity index (χ3v) is 4.53. The van der Waals surface area contributed by atoms with Gasteiger partial charge in [-0.25, -0.2) is 4.39 Å². The van der Waals surface area contributed by atoms with Crippen molar-refractivity contribution in [3.8, 4) is 5.75 Å². The molecule has 0 aliphatic rings. The summed E-state index contributed by atoms with van der Waals surface area (Å²) in [4.78, 5) is 12.7. The summed E-state index contributed by atoms with van der Waals surface area (Å²) >= 11 is 0. The van der Waals surface area contributed by atoms with Crippen LogP contribution >= 0.6 is 0 Å². The molecule has 0 spiro atoms. The molecule has 0 unspecified atom stereocenters. The van der Waals surface area contributed by atoms with Crippen LogP contribution in [0.4, 0.5) is 4.39 Å². The molecule has 0 radical (unpaired) electrons. The molecule has 0 aliphatic carbocycles. The van der Waals surface area contributed by atoms with E-state index < -0.39 is 24.7 Å². The van der Waals surface area contributed by atoms with Crippen molar-refractivity contribution in [2.24, 2.45) is 0 Å². The molecule has 2 aromatic carbocycles. The summed E-state index contributed by atoms with van der Waals surface area (Å²) in [6.07, 6.45) is 0. The van der Waals surface area contributed by atoms with Crippen molar-refractivity contribution in [1.29, 1.82) is 0 Å². The standard InChI is InChI=1S/C21H22FNO5/c1-13-19(20(26)23-21(2,11-24)12-25)16-9-15(7-8-18(16)28-13)27-10-14-5-3-4-6-17(14)22/h3-9,24-25H,10-12H2,1-2H3,(H,23,26). The molecule has 7 heteroatoms. The van der Waals surface area contributed by atoms with Crippen LogP contribution in [-0.4, -0.2) is 34.9 Å². The number of carbonyl (C=O) groups excluding carboxylic acids is 1. The number of aliphatic hydroxyl groups excluding tert-OH is 2. The van der Waals surface area contributed by atoms with Gasteiger partial charge in [0.2, 0.25) is 0 Å². The minimum Gasteiger partial charge on any atom is -0.489 e. The topological polar surface area (TPSA) is 91.9 Å². The number of nitrogens with one attached hydrogen (secondary N) is 1. The predicted molar refractivity (Wildman–Crippen MR) is 102 cm³/mol. The second-order valence-electron chi connectivity index (χ2n) is 6.90. The van der Waals surface area contributed by atoms with Crippen molar-refractivity contribution in [2.45, 2.75) is 26.0 Å². The zero-order chi connectivity index (χ0) is 20.3. The maximum atomic E-state index is 13.8. The maximum absolute atomic E-state index is 13.8. The Labute approximate surface area is 161 Å². The number of amides is 1. The number of benzene rings is 2. The van der Waals surface area contributed by atoms with Crippen molar-refractivity contribution in [3.63, 3.8) is 0 Å². The molecule has 0 atom stereocenters. The van der Waals surface area contributed by atoms with Gasteiger partial charge in [-0.15, -0.1) is 0 Å². The number of hydrogen-bond donors (Lipinski definition) is 3. The number of fused-ring (bicyclic) bond motifs is 1. The quantitative estimate of drug-likeness (QED) is 0.580. The lowest BCUT2D eigenvalue weighted by Gasteiger charge is -2.26. The van der Waals surface area contributed by atoms with Gasteiger partial charge >= 0.3 is 0 Å². The zero-order valence-electron chi connectivity index (χ0n) is 15.7. The predicted octanol–water partition coefficient (Wildman–Crippen LogP) is 2.93. The van der Waals surface area contributed by atoms with Crippen LogP contribution in [0.15, 0.2) is 46.9 Å². The summed E-state index contributed by atoms with van der Waals surface area (Å²) < 4.78 is 25.1. The first kappa shape index (κ1) is 19.9. The van der Waals surface area contributed by atoms with Gasteiger partial charge in [-0.3, -0.25) is 4.79 Å². The van der Waals surface area contributed by atoms with Gasteiger partial charge < -0.3 is 24.7 Å². The van der Waals surface area contributed by atoms with E-state index in [9.17, 15) is 19.4 Å². The zero-order valence-corrected chi connectivity index (χ0v) is 15.7. The van der Waals surface area contributed by atoms with Gasteiger partial charge in [0.25, 0.3) is 5.91 Å². The van der Waals surface area contributed by atoms with Crippen LogP contribution in [0.3, 0.4) is 0 Å². The van der Waals surface area contributed by atoms with Crippen LogP contribution in [0.2, 0.25) is 0 Å². The molecular formula is C21H22FNO5. The van der Waals surface area contributed by atoms with Crippen molar-refractivity contribution < 1.29 is 28.6 Å². The highest BCUT2D eigenvalue weighted by molar-refractivity contribution is 6.07. The van der Waals surface area contributed by atoms with E-state index in [4.69, 9.17) is 9.15 Å². The molecule has 0 saturated carbocycles. The summed E-state index contributed by atoms with van der Waals surface area (Å²) in [7, 11) is 0. The average molecular weight is 387 g/mol. The smallest absolute Gasteiger partial charge is 0.256 e. The molecule has 0 fully saturated rings. The van der Waals surface area contributed by atoms with E-state index in [1.54, 1.807) is 43.3 Å². The lowest BCUT2D eigenvalue weighted by molar-refractivity contribution is 0.0723. The van der Waals surface area contributed by atoms with Crippen LogP contribution in [0.1, 0.15) is 28.6 Å². The Kier molecular flexibility index (Phi) is 5.67. The second kappa shape index (κ2) is 8.00. The van der Waals surface area contributed by atoms with Crippen LogP contribution < -0.4 is 10.1 Å². The lowest BCUT2D eigenvalue weighted by atomic mass is 10.0. The van der Waals surface area contributed by atoms with E-state index in [2.05, 4.69) is 5.32 Å². The number of rotatable bonds is 7. The van der Waals surface area contributed by atoms with Gasteiger partial charge in [0.05, 0.1) is 24.3 Å². The SMILES string of the molecule is Cc1oc2ccc(OCc3ccccc3F)cc2c1C(=O)NC(C)(CO)CO. The van der Waals surface area contributed by atoms with Crippen LogP contribution in [0.5, 0.6) is 5.75 Å². The Morgan fingerprint density at radius 2 is 1.93 bits per heavy atom. The number of aryl methyl sites for hydroxylation is 1. The summed E-state index contributed by atoms with van der Waals surface area (Å²) in [6.45, 7) is 2.40. The number of aliphatic hydroxyl groups is 2. The van der Waals surface area contributed by atoms with E-state index in [1.165, 1.54) is 13.0 Å². The van der Waals surface area contributed by atoms with Crippen LogP contribution in [0, 0.1) is 12.7 Å². The normalized spacial score (nSPS) is 11.6. The van der Waals surface area contributed by atoms with Crippen molar-refractivity contribution >= 4 is 16.9 Å². The molecule has 3 N–H and O–H groups in total. The van der Waals surface area contributed by atoms with Gasteiger partial charge in [0.15, 0.2) is 0 Å². The van der Waals surface area contributed by atoms with Crippen LogP contribution in [-0.2, 0) is 6.61 Å². The Morgan fingerprint density at radius 1 is 1.21 bits per heavy atom. The van der Waals surface area contributed by atoms with Crippen molar-refractivity contribution in [1.82, 2.24) is 5.32 Å². The maximum Gasteiger partial charge on any atom is 0.256 e. The number of ether oxygens (including phenoxy) is 1. The van der Waals surface area contributed by atoms with E-state index in [1.807, 2.05) is 0 Å². The van der Waals surface area contributed by atoms with Crippen molar-refractivity contribution in [3.05, 3.63) is 65.2 Å². The van der Waals surface area contributed by atoms with Gasteiger partial charge in [-0.05, 0) is 38.1 Å². The van der Waals surface area contributed by atoms with E-state index in [-0.39, 0.29) is 12.4 Å². The Bertz CT molecular complexity index is 994. The van der Waals surface area contributed by atoms with E-state index in [0.29, 0.717) is 33.6 Å². The first-order valence-electron chi connectivity index (χ1n) is 8.80. The van der Waals surface area contributed by atoms with Gasteiger partial charge in [0.1, 0.15) is 29.5 Å². The first-order valence-corrected chi connectivity index (χ1v) is 8.80. The highest BCUT2D eigenvalue weighted by Gasteiger charge is 2.28. The monoisotopic (exact) mass is 387 g/mol. The van der Waals surface area contributed by atoms with Crippen molar-refractivity contribution in [2.75, 3.05) is 13.2 Å². The second-order valence-corrected chi connectivity index (χ2v) is 6.90. The largest absolute Gasteiger partial charge is 0.489 e.